The van der Waals surface area contributed by atoms with Gasteiger partial charge in [0.15, 0.2) is 11.5 Å². The molecule has 156 valence electrons. The van der Waals surface area contributed by atoms with Crippen molar-refractivity contribution in [1.82, 2.24) is 15.0 Å². The van der Waals surface area contributed by atoms with Crippen molar-refractivity contribution >= 4 is 5.91 Å². The number of carbonyl (C=O) groups is 1. The highest BCUT2D eigenvalue weighted by Crippen LogP contribution is 2.24. The highest BCUT2D eigenvalue weighted by Gasteiger charge is 2.26. The molecule has 0 radical (unpaired) electrons. The summed E-state index contributed by atoms with van der Waals surface area (Å²) in [5.41, 5.74) is 2.42. The first-order valence-corrected chi connectivity index (χ1v) is 10.1. The second-order valence-electron chi connectivity index (χ2n) is 7.49. The van der Waals surface area contributed by atoms with E-state index in [1.807, 2.05) is 44.2 Å². The molecule has 0 saturated carbocycles. The van der Waals surface area contributed by atoms with Gasteiger partial charge in [0.05, 0.1) is 6.20 Å². The van der Waals surface area contributed by atoms with Crippen LogP contribution in [0, 0.1) is 13.8 Å². The van der Waals surface area contributed by atoms with Crippen LogP contribution in [0.2, 0.25) is 0 Å². The highest BCUT2D eigenvalue weighted by molar-refractivity contribution is 5.92. The fourth-order valence-corrected chi connectivity index (χ4v) is 3.60. The van der Waals surface area contributed by atoms with Gasteiger partial charge in [0.1, 0.15) is 24.2 Å². The predicted octanol–water partition coefficient (Wildman–Crippen LogP) is 3.95. The molecule has 0 N–H and O–H groups in total. The molecule has 1 saturated heterocycles. The van der Waals surface area contributed by atoms with Gasteiger partial charge in [-0.3, -0.25) is 9.78 Å². The third-order valence-corrected chi connectivity index (χ3v) is 5.21. The Bertz CT molecular complexity index is 974. The van der Waals surface area contributed by atoms with E-state index >= 15 is 0 Å². The number of amides is 1. The molecule has 0 atom stereocenters. The third kappa shape index (κ3) is 4.62. The molecule has 1 aliphatic rings. The van der Waals surface area contributed by atoms with E-state index in [1.165, 1.54) is 0 Å². The van der Waals surface area contributed by atoms with Crippen LogP contribution in [0.25, 0.3) is 0 Å². The van der Waals surface area contributed by atoms with Crippen molar-refractivity contribution in [2.24, 2.45) is 0 Å². The average Bonchev–Trinajstić information content (AvgIpc) is 3.23. The van der Waals surface area contributed by atoms with Gasteiger partial charge in [-0.1, -0.05) is 23.4 Å². The maximum absolute atomic E-state index is 12.8. The molecule has 0 spiro atoms. The molecule has 0 aliphatic carbocycles. The topological polar surface area (TPSA) is 77.7 Å². The number of ether oxygens (including phenoxy) is 2. The van der Waals surface area contributed by atoms with Gasteiger partial charge >= 0.3 is 0 Å². The van der Waals surface area contributed by atoms with Crippen molar-refractivity contribution in [2.45, 2.75) is 39.4 Å². The second-order valence-corrected chi connectivity index (χ2v) is 7.49. The van der Waals surface area contributed by atoms with E-state index in [9.17, 15) is 4.79 Å². The Kier molecular flexibility index (Phi) is 5.97. The van der Waals surface area contributed by atoms with Gasteiger partial charge in [-0.05, 0) is 37.1 Å². The average molecular weight is 407 g/mol. The van der Waals surface area contributed by atoms with E-state index in [-0.39, 0.29) is 18.6 Å². The third-order valence-electron chi connectivity index (χ3n) is 5.21. The number of piperidine rings is 1. The Hall–Kier alpha value is -3.35. The van der Waals surface area contributed by atoms with E-state index < -0.39 is 0 Å². The molecule has 3 heterocycles. The van der Waals surface area contributed by atoms with Crippen LogP contribution in [0.5, 0.6) is 11.5 Å². The Labute approximate surface area is 175 Å². The summed E-state index contributed by atoms with van der Waals surface area (Å²) in [5, 5.41) is 3.95. The van der Waals surface area contributed by atoms with Crippen LogP contribution in [0.4, 0.5) is 0 Å². The Balaban J connectivity index is 1.30. The number of likely N-dealkylation sites (tertiary alicyclic amines) is 1. The number of hydrogen-bond donors (Lipinski definition) is 0. The zero-order chi connectivity index (χ0) is 20.9. The minimum absolute atomic E-state index is 0.0804. The maximum atomic E-state index is 12.8. The molecule has 30 heavy (non-hydrogen) atoms. The lowest BCUT2D eigenvalue weighted by atomic mass is 10.1. The first kappa shape index (κ1) is 19.9. The molecule has 3 aromatic rings. The number of carbonyl (C=O) groups excluding carboxylic acids is 1. The van der Waals surface area contributed by atoms with Crippen molar-refractivity contribution in [3.8, 4) is 11.5 Å². The Morgan fingerprint density at radius 1 is 1.17 bits per heavy atom. The zero-order valence-electron chi connectivity index (χ0n) is 17.2. The molecule has 1 aliphatic heterocycles. The van der Waals surface area contributed by atoms with Crippen LogP contribution in [0.15, 0.2) is 53.3 Å². The van der Waals surface area contributed by atoms with Gasteiger partial charge in [-0.15, -0.1) is 0 Å². The quantitative estimate of drug-likeness (QED) is 0.616. The van der Waals surface area contributed by atoms with Gasteiger partial charge in [0, 0.05) is 38.2 Å². The van der Waals surface area contributed by atoms with E-state index in [0.717, 1.165) is 35.5 Å². The summed E-state index contributed by atoms with van der Waals surface area (Å²) in [5.74, 6) is 1.98. The number of pyridine rings is 1. The fraction of sp³-hybridized carbons (Fsp3) is 0.348. The molecule has 0 bridgehead atoms. The number of benzene rings is 1. The lowest BCUT2D eigenvalue weighted by Gasteiger charge is -2.31. The number of nitrogens with zero attached hydrogens (tertiary/aromatic N) is 3. The second kappa shape index (κ2) is 8.98. The van der Waals surface area contributed by atoms with Crippen LogP contribution in [0.1, 0.15) is 40.2 Å². The van der Waals surface area contributed by atoms with Gasteiger partial charge in [-0.2, -0.15) is 0 Å². The van der Waals surface area contributed by atoms with E-state index in [1.54, 1.807) is 23.4 Å². The highest BCUT2D eigenvalue weighted by atomic mass is 16.5. The van der Waals surface area contributed by atoms with Crippen LogP contribution in [0.3, 0.4) is 0 Å². The van der Waals surface area contributed by atoms with Gasteiger partial charge in [0.25, 0.3) is 5.91 Å². The van der Waals surface area contributed by atoms with Crippen LogP contribution < -0.4 is 9.47 Å². The number of hydrogen-bond acceptors (Lipinski definition) is 6. The molecule has 2 aromatic heterocycles. The molecule has 4 rings (SSSR count). The lowest BCUT2D eigenvalue weighted by Crippen LogP contribution is -2.41. The molecule has 1 amide bonds. The molecular formula is C23H25N3O4. The van der Waals surface area contributed by atoms with E-state index in [2.05, 4.69) is 10.1 Å². The largest absolute Gasteiger partial charge is 0.489 e. The lowest BCUT2D eigenvalue weighted by molar-refractivity contribution is 0.0585. The number of aryl methyl sites for hydroxylation is 2. The summed E-state index contributed by atoms with van der Waals surface area (Å²) < 4.78 is 17.1. The smallest absolute Gasteiger partial charge is 0.276 e. The van der Waals surface area contributed by atoms with Crippen molar-refractivity contribution < 1.29 is 18.8 Å². The van der Waals surface area contributed by atoms with Crippen molar-refractivity contribution in [2.75, 3.05) is 13.1 Å². The van der Waals surface area contributed by atoms with Crippen LogP contribution in [-0.4, -0.2) is 40.1 Å². The summed E-state index contributed by atoms with van der Waals surface area (Å²) in [7, 11) is 0. The number of rotatable bonds is 6. The standard InChI is InChI=1S/C23H25N3O4/c1-16-5-3-6-17(2)22(16)28-15-20-13-21(25-30-20)23(27)26-11-8-18(9-12-26)29-19-7-4-10-24-14-19/h3-7,10,13-14,18H,8-9,11-12,15H2,1-2H3. The molecule has 0 unspecified atom stereocenters. The van der Waals surface area contributed by atoms with Crippen LogP contribution in [-0.2, 0) is 6.61 Å². The summed E-state index contributed by atoms with van der Waals surface area (Å²) in [6, 6.07) is 11.4. The summed E-state index contributed by atoms with van der Waals surface area (Å²) in [6.07, 6.45) is 5.03. The first-order valence-electron chi connectivity index (χ1n) is 10.1. The van der Waals surface area contributed by atoms with Gasteiger partial charge in [0.2, 0.25) is 0 Å². The Morgan fingerprint density at radius 2 is 1.93 bits per heavy atom. The minimum Gasteiger partial charge on any atom is -0.489 e. The molecule has 7 nitrogen and oxygen atoms in total. The molecule has 1 aromatic carbocycles. The first-order chi connectivity index (χ1) is 14.6. The van der Waals surface area contributed by atoms with E-state index in [0.29, 0.717) is 24.5 Å². The van der Waals surface area contributed by atoms with Gasteiger partial charge < -0.3 is 18.9 Å². The fourth-order valence-electron chi connectivity index (χ4n) is 3.60. The molecule has 7 heteroatoms. The number of aromatic nitrogens is 2. The molecule has 1 fully saturated rings. The summed E-state index contributed by atoms with van der Waals surface area (Å²) >= 11 is 0. The summed E-state index contributed by atoms with van der Waals surface area (Å²) in [6.45, 7) is 5.46. The van der Waals surface area contributed by atoms with Crippen molar-refractivity contribution in [3.05, 3.63) is 71.4 Å². The van der Waals surface area contributed by atoms with E-state index in [4.69, 9.17) is 14.0 Å². The normalized spacial score (nSPS) is 14.5. The zero-order valence-corrected chi connectivity index (χ0v) is 17.2. The summed E-state index contributed by atoms with van der Waals surface area (Å²) in [4.78, 5) is 18.6. The maximum Gasteiger partial charge on any atom is 0.276 e. The van der Waals surface area contributed by atoms with Gasteiger partial charge in [-0.25, -0.2) is 0 Å². The molecular weight excluding hydrogens is 382 g/mol. The van der Waals surface area contributed by atoms with Crippen molar-refractivity contribution in [3.63, 3.8) is 0 Å². The van der Waals surface area contributed by atoms with Crippen LogP contribution >= 0.6 is 0 Å². The number of para-hydroxylation sites is 1. The monoisotopic (exact) mass is 407 g/mol. The Morgan fingerprint density at radius 3 is 2.63 bits per heavy atom. The minimum atomic E-state index is -0.128. The van der Waals surface area contributed by atoms with Crippen molar-refractivity contribution in [1.29, 1.82) is 0 Å². The SMILES string of the molecule is Cc1cccc(C)c1OCc1cc(C(=O)N2CCC(Oc3cccnc3)CC2)no1. The predicted molar refractivity (Wildman–Crippen MR) is 111 cm³/mol.